The molecule has 2 aromatic rings. The zero-order chi connectivity index (χ0) is 20.1. The van der Waals surface area contributed by atoms with Crippen molar-refractivity contribution < 1.29 is 9.59 Å². The highest BCUT2D eigenvalue weighted by Gasteiger charge is 2.38. The van der Waals surface area contributed by atoms with Gasteiger partial charge in [-0.15, -0.1) is 6.58 Å². The third-order valence-corrected chi connectivity index (χ3v) is 5.52. The Balaban J connectivity index is 1.73. The average molecular weight is 434 g/mol. The number of nitrogens with zero attached hydrogens (tertiary/aromatic N) is 2. The number of amides is 2. The summed E-state index contributed by atoms with van der Waals surface area (Å²) in [7, 11) is 0. The van der Waals surface area contributed by atoms with Crippen molar-refractivity contribution in [3.63, 3.8) is 0 Å². The van der Waals surface area contributed by atoms with Crippen LogP contribution in [0.3, 0.4) is 0 Å². The second-order valence-electron chi connectivity index (χ2n) is 5.98. The Morgan fingerprint density at radius 3 is 2.64 bits per heavy atom. The summed E-state index contributed by atoms with van der Waals surface area (Å²) < 4.78 is 0. The number of hydrogen-bond acceptors (Lipinski definition) is 4. The molecule has 0 bridgehead atoms. The molecule has 8 heteroatoms. The van der Waals surface area contributed by atoms with Gasteiger partial charge in [-0.1, -0.05) is 47.1 Å². The predicted molar refractivity (Wildman–Crippen MR) is 117 cm³/mol. The number of halogens is 2. The van der Waals surface area contributed by atoms with Gasteiger partial charge in [-0.25, -0.2) is 4.99 Å². The molecular formula is C20H17Cl2N3O2S. The van der Waals surface area contributed by atoms with Crippen LogP contribution in [0.5, 0.6) is 0 Å². The lowest BCUT2D eigenvalue weighted by Crippen LogP contribution is -2.33. The first-order chi connectivity index (χ1) is 13.5. The van der Waals surface area contributed by atoms with E-state index in [1.165, 1.54) is 16.7 Å². The molecule has 0 aliphatic carbocycles. The largest absolute Gasteiger partial charge is 0.326 e. The van der Waals surface area contributed by atoms with Gasteiger partial charge in [-0.05, 0) is 42.5 Å². The number of rotatable bonds is 6. The van der Waals surface area contributed by atoms with Crippen molar-refractivity contribution in [3.8, 4) is 0 Å². The van der Waals surface area contributed by atoms with Gasteiger partial charge in [-0.2, -0.15) is 0 Å². The lowest BCUT2D eigenvalue weighted by molar-refractivity contribution is -0.127. The van der Waals surface area contributed by atoms with Crippen LogP contribution in [0.15, 0.2) is 66.2 Å². The molecule has 0 radical (unpaired) electrons. The predicted octanol–water partition coefficient (Wildman–Crippen LogP) is 5.14. The van der Waals surface area contributed by atoms with E-state index in [0.29, 0.717) is 33.1 Å². The molecule has 1 aliphatic rings. The second-order valence-corrected chi connectivity index (χ2v) is 8.02. The fraction of sp³-hybridized carbons (Fsp3) is 0.150. The highest BCUT2D eigenvalue weighted by atomic mass is 35.5. The summed E-state index contributed by atoms with van der Waals surface area (Å²) in [5.74, 6) is -0.432. The van der Waals surface area contributed by atoms with Crippen LogP contribution in [-0.2, 0) is 9.59 Å². The van der Waals surface area contributed by atoms with Crippen LogP contribution in [0.2, 0.25) is 10.0 Å². The first-order valence-corrected chi connectivity index (χ1v) is 10.1. The minimum Gasteiger partial charge on any atom is -0.326 e. The van der Waals surface area contributed by atoms with Crippen LogP contribution < -0.4 is 5.32 Å². The number of thioether (sulfide) groups is 1. The van der Waals surface area contributed by atoms with Crippen molar-refractivity contribution in [2.24, 2.45) is 4.99 Å². The van der Waals surface area contributed by atoms with Crippen molar-refractivity contribution >= 4 is 63.3 Å². The van der Waals surface area contributed by atoms with E-state index in [9.17, 15) is 9.59 Å². The summed E-state index contributed by atoms with van der Waals surface area (Å²) in [6.07, 6.45) is 1.66. The maximum Gasteiger partial charge on any atom is 0.242 e. The van der Waals surface area contributed by atoms with Crippen LogP contribution >= 0.6 is 35.0 Å². The summed E-state index contributed by atoms with van der Waals surface area (Å²) in [5, 5.41) is 3.89. The number of anilines is 1. The van der Waals surface area contributed by atoms with E-state index < -0.39 is 5.25 Å². The number of benzene rings is 2. The first-order valence-electron chi connectivity index (χ1n) is 8.45. The van der Waals surface area contributed by atoms with E-state index >= 15 is 0 Å². The van der Waals surface area contributed by atoms with Crippen molar-refractivity contribution in [3.05, 3.63) is 71.2 Å². The van der Waals surface area contributed by atoms with Crippen molar-refractivity contribution in [2.75, 3.05) is 11.9 Å². The number of hydrogen-bond donors (Lipinski definition) is 1. The minimum atomic E-state index is -0.551. The van der Waals surface area contributed by atoms with Gasteiger partial charge >= 0.3 is 0 Å². The Kier molecular flexibility index (Phi) is 6.78. The van der Waals surface area contributed by atoms with E-state index in [1.54, 1.807) is 54.6 Å². The number of aliphatic imine (C=N–C) groups is 1. The third kappa shape index (κ3) is 5.16. The van der Waals surface area contributed by atoms with Gasteiger partial charge in [0.25, 0.3) is 0 Å². The van der Waals surface area contributed by atoms with Gasteiger partial charge in [-0.3, -0.25) is 14.5 Å². The molecule has 0 saturated carbocycles. The van der Waals surface area contributed by atoms with Crippen LogP contribution in [-0.4, -0.2) is 33.7 Å². The van der Waals surface area contributed by atoms with Gasteiger partial charge in [0.1, 0.15) is 5.25 Å². The lowest BCUT2D eigenvalue weighted by Gasteiger charge is -2.13. The van der Waals surface area contributed by atoms with Crippen molar-refractivity contribution in [2.45, 2.75) is 11.7 Å². The number of nitrogens with one attached hydrogen (secondary N) is 1. The average Bonchev–Trinajstić information content (AvgIpc) is 2.93. The van der Waals surface area contributed by atoms with E-state index in [1.807, 2.05) is 0 Å². The summed E-state index contributed by atoms with van der Waals surface area (Å²) in [5.41, 5.74) is 1.27. The summed E-state index contributed by atoms with van der Waals surface area (Å²) in [4.78, 5) is 31.2. The molecular weight excluding hydrogens is 417 g/mol. The van der Waals surface area contributed by atoms with E-state index in [4.69, 9.17) is 23.2 Å². The highest BCUT2D eigenvalue weighted by Crippen LogP contribution is 2.32. The first kappa shape index (κ1) is 20.5. The topological polar surface area (TPSA) is 61.8 Å². The maximum absolute atomic E-state index is 12.7. The van der Waals surface area contributed by atoms with Crippen LogP contribution in [0.4, 0.5) is 11.4 Å². The maximum atomic E-state index is 12.7. The van der Waals surface area contributed by atoms with Gasteiger partial charge < -0.3 is 5.32 Å². The summed E-state index contributed by atoms with van der Waals surface area (Å²) >= 11 is 13.1. The molecule has 1 heterocycles. The van der Waals surface area contributed by atoms with Crippen LogP contribution in [0, 0.1) is 0 Å². The van der Waals surface area contributed by atoms with Gasteiger partial charge in [0.05, 0.1) is 5.69 Å². The Hall–Kier alpha value is -2.28. The Labute approximate surface area is 177 Å². The van der Waals surface area contributed by atoms with Crippen LogP contribution in [0.1, 0.15) is 6.42 Å². The molecule has 1 aliphatic heterocycles. The van der Waals surface area contributed by atoms with Crippen LogP contribution in [0.25, 0.3) is 0 Å². The minimum absolute atomic E-state index is 0.0310. The molecule has 2 aromatic carbocycles. The van der Waals surface area contributed by atoms with Gasteiger partial charge in [0.15, 0.2) is 5.17 Å². The zero-order valence-corrected chi connectivity index (χ0v) is 17.1. The summed E-state index contributed by atoms with van der Waals surface area (Å²) in [6, 6.07) is 13.9. The second kappa shape index (κ2) is 9.28. The molecule has 1 fully saturated rings. The standard InChI is InChI=1S/C20H17Cl2N3O2S/c1-2-10-25-19(27)17(12-18(26)23-16-5-3-4-14(22)11-16)28-20(25)24-15-8-6-13(21)7-9-15/h2-9,11,17H,1,10,12H2,(H,23,26)/t17-/m0/s1. The van der Waals surface area contributed by atoms with E-state index in [2.05, 4.69) is 16.9 Å². The SMILES string of the molecule is C=CCN1C(=O)[C@H](CC(=O)Nc2cccc(Cl)c2)SC1=Nc1ccc(Cl)cc1. The molecule has 2 amide bonds. The van der Waals surface area contributed by atoms with Crippen molar-refractivity contribution in [1.29, 1.82) is 0 Å². The van der Waals surface area contributed by atoms with Gasteiger partial charge in [0.2, 0.25) is 11.8 Å². The van der Waals surface area contributed by atoms with Crippen molar-refractivity contribution in [1.82, 2.24) is 4.90 Å². The Morgan fingerprint density at radius 1 is 1.21 bits per heavy atom. The summed E-state index contributed by atoms with van der Waals surface area (Å²) in [6.45, 7) is 4.02. The van der Waals surface area contributed by atoms with Gasteiger partial charge in [0, 0.05) is 28.7 Å². The Morgan fingerprint density at radius 2 is 1.96 bits per heavy atom. The highest BCUT2D eigenvalue weighted by molar-refractivity contribution is 8.15. The number of carbonyl (C=O) groups excluding carboxylic acids is 2. The molecule has 0 aromatic heterocycles. The quantitative estimate of drug-likeness (QED) is 0.641. The van der Waals surface area contributed by atoms with E-state index in [-0.39, 0.29) is 18.2 Å². The molecule has 5 nitrogen and oxygen atoms in total. The molecule has 144 valence electrons. The Bertz CT molecular complexity index is 931. The molecule has 1 saturated heterocycles. The normalized spacial score (nSPS) is 17.8. The fourth-order valence-corrected chi connectivity index (χ4v) is 4.08. The number of carbonyl (C=O) groups is 2. The third-order valence-electron chi connectivity index (χ3n) is 3.86. The van der Waals surface area contributed by atoms with E-state index in [0.717, 1.165) is 0 Å². The fourth-order valence-electron chi connectivity index (χ4n) is 2.59. The molecule has 1 N–H and O–H groups in total. The molecule has 0 unspecified atom stereocenters. The molecule has 28 heavy (non-hydrogen) atoms. The smallest absolute Gasteiger partial charge is 0.242 e. The molecule has 1 atom stereocenters. The lowest BCUT2D eigenvalue weighted by atomic mass is 10.2. The zero-order valence-electron chi connectivity index (χ0n) is 14.8. The molecule has 0 spiro atoms. The molecule has 3 rings (SSSR count). The monoisotopic (exact) mass is 433 g/mol. The number of amidine groups is 1.